The van der Waals surface area contributed by atoms with Crippen molar-refractivity contribution < 1.29 is 4.79 Å². The van der Waals surface area contributed by atoms with Gasteiger partial charge in [0.05, 0.1) is 11.2 Å². The van der Waals surface area contributed by atoms with Crippen molar-refractivity contribution in [3.63, 3.8) is 0 Å². The van der Waals surface area contributed by atoms with E-state index in [1.807, 2.05) is 0 Å². The summed E-state index contributed by atoms with van der Waals surface area (Å²) < 4.78 is 3.73. The molecule has 6 heteroatoms. The van der Waals surface area contributed by atoms with Gasteiger partial charge in [0, 0.05) is 17.5 Å². The topological polar surface area (TPSA) is 55.7 Å². The van der Waals surface area contributed by atoms with Gasteiger partial charge >= 0.3 is 0 Å². The lowest BCUT2D eigenvalue weighted by Crippen LogP contribution is -2.01. The summed E-state index contributed by atoms with van der Waals surface area (Å²) in [6, 6.07) is 0. The molecule has 0 atom stereocenters. The molecule has 0 aliphatic rings. The lowest BCUT2D eigenvalue weighted by Gasteiger charge is -1.93. The van der Waals surface area contributed by atoms with Crippen LogP contribution in [0, 0.1) is 6.92 Å². The second kappa shape index (κ2) is 3.93. The molecule has 0 saturated heterocycles. The van der Waals surface area contributed by atoms with E-state index >= 15 is 0 Å². The van der Waals surface area contributed by atoms with Crippen molar-refractivity contribution >= 4 is 28.7 Å². The van der Waals surface area contributed by atoms with Crippen molar-refractivity contribution in [1.29, 1.82) is 0 Å². The predicted molar refractivity (Wildman–Crippen MR) is 54.8 cm³/mol. The minimum Gasteiger partial charge on any atom is -0.293 e. The fraction of sp³-hybridized carbons (Fsp3) is 0.250. The molecule has 2 aromatic heterocycles. The van der Waals surface area contributed by atoms with E-state index in [0.29, 0.717) is 17.0 Å². The van der Waals surface area contributed by atoms with Gasteiger partial charge in [-0.25, -0.2) is 0 Å². The van der Waals surface area contributed by atoms with Crippen LogP contribution in [0.3, 0.4) is 0 Å². The first-order valence-corrected chi connectivity index (χ1v) is 5.62. The average molecular weight is 225 g/mol. The number of carbonyl (C=O) groups is 1. The molecular weight excluding hydrogens is 218 g/mol. The van der Waals surface area contributed by atoms with E-state index in [0.717, 1.165) is 16.4 Å². The molecule has 2 rings (SSSR count). The van der Waals surface area contributed by atoms with Gasteiger partial charge in [0.15, 0.2) is 5.78 Å². The molecule has 0 aliphatic carbocycles. The van der Waals surface area contributed by atoms with Crippen molar-refractivity contribution in [2.75, 3.05) is 0 Å². The second-order valence-electron chi connectivity index (χ2n) is 2.76. The number of rotatable bonds is 3. The van der Waals surface area contributed by atoms with Crippen LogP contribution >= 0.6 is 22.9 Å². The van der Waals surface area contributed by atoms with Crippen LogP contribution in [0.25, 0.3) is 0 Å². The average Bonchev–Trinajstić information content (AvgIpc) is 2.75. The molecule has 0 fully saturated rings. The molecule has 0 bridgehead atoms. The lowest BCUT2D eigenvalue weighted by atomic mass is 10.2. The Labute approximate surface area is 88.8 Å². The number of aryl methyl sites for hydroxylation is 1. The van der Waals surface area contributed by atoms with Crippen molar-refractivity contribution in [1.82, 2.24) is 14.6 Å². The van der Waals surface area contributed by atoms with Gasteiger partial charge in [0.2, 0.25) is 0 Å². The minimum atomic E-state index is 0.0711. The second-order valence-corrected chi connectivity index (χ2v) is 4.48. The Bertz CT molecular complexity index is 435. The van der Waals surface area contributed by atoms with E-state index < -0.39 is 0 Å². The first kappa shape index (κ1) is 9.42. The van der Waals surface area contributed by atoms with Gasteiger partial charge < -0.3 is 0 Å². The Morgan fingerprint density at radius 2 is 2.43 bits per heavy atom. The van der Waals surface area contributed by atoms with Crippen LogP contribution in [0.4, 0.5) is 0 Å². The predicted octanol–water partition coefficient (Wildman–Crippen LogP) is 1.73. The summed E-state index contributed by atoms with van der Waals surface area (Å²) in [6.45, 7) is 1.80. The van der Waals surface area contributed by atoms with Crippen molar-refractivity contribution in [3.05, 3.63) is 27.2 Å². The van der Waals surface area contributed by atoms with E-state index in [-0.39, 0.29) is 5.78 Å². The maximum Gasteiger partial charge on any atom is 0.181 e. The third-order valence-corrected chi connectivity index (χ3v) is 3.37. The quantitative estimate of drug-likeness (QED) is 0.746. The minimum absolute atomic E-state index is 0.0711. The SMILES string of the molecule is Cc1nnsc1C(=O)Cc1cncs1. The Hall–Kier alpha value is -1.14. The molecule has 14 heavy (non-hydrogen) atoms. The van der Waals surface area contributed by atoms with Gasteiger partial charge in [-0.3, -0.25) is 9.78 Å². The summed E-state index contributed by atoms with van der Waals surface area (Å²) >= 11 is 2.64. The van der Waals surface area contributed by atoms with Gasteiger partial charge in [0.1, 0.15) is 4.88 Å². The summed E-state index contributed by atoms with van der Waals surface area (Å²) in [6.07, 6.45) is 2.11. The molecule has 0 spiro atoms. The molecule has 72 valence electrons. The summed E-state index contributed by atoms with van der Waals surface area (Å²) in [7, 11) is 0. The van der Waals surface area contributed by atoms with E-state index in [4.69, 9.17) is 0 Å². The highest BCUT2D eigenvalue weighted by Gasteiger charge is 2.14. The Morgan fingerprint density at radius 1 is 1.57 bits per heavy atom. The monoisotopic (exact) mass is 225 g/mol. The van der Waals surface area contributed by atoms with Gasteiger partial charge in [-0.05, 0) is 18.5 Å². The number of nitrogens with zero attached hydrogens (tertiary/aromatic N) is 3. The van der Waals surface area contributed by atoms with E-state index in [9.17, 15) is 4.79 Å². The molecule has 0 amide bonds. The third-order valence-electron chi connectivity index (χ3n) is 1.72. The maximum atomic E-state index is 11.7. The maximum absolute atomic E-state index is 11.7. The van der Waals surface area contributed by atoms with Crippen LogP contribution in [0.15, 0.2) is 11.7 Å². The number of thiazole rings is 1. The molecule has 0 aliphatic heterocycles. The Kier molecular flexibility index (Phi) is 2.64. The van der Waals surface area contributed by atoms with Crippen molar-refractivity contribution in [3.8, 4) is 0 Å². The molecule has 0 N–H and O–H groups in total. The van der Waals surface area contributed by atoms with Gasteiger partial charge in [0.25, 0.3) is 0 Å². The van der Waals surface area contributed by atoms with Crippen LogP contribution in [0.2, 0.25) is 0 Å². The Morgan fingerprint density at radius 3 is 3.00 bits per heavy atom. The highest BCUT2D eigenvalue weighted by atomic mass is 32.1. The first-order chi connectivity index (χ1) is 6.77. The summed E-state index contributed by atoms with van der Waals surface area (Å²) in [5.74, 6) is 0.0711. The molecule has 2 aromatic rings. The Balaban J connectivity index is 2.14. The number of hydrogen-bond acceptors (Lipinski definition) is 6. The zero-order chi connectivity index (χ0) is 9.97. The summed E-state index contributed by atoms with van der Waals surface area (Å²) in [5.41, 5.74) is 2.44. The van der Waals surface area contributed by atoms with Crippen LogP contribution in [-0.2, 0) is 6.42 Å². The first-order valence-electron chi connectivity index (χ1n) is 3.97. The number of carbonyl (C=O) groups excluding carboxylic acids is 1. The number of Topliss-reactive ketones (excluding diaryl/α,β-unsaturated/α-hetero) is 1. The van der Waals surface area contributed by atoms with Gasteiger partial charge in [-0.2, -0.15) is 0 Å². The lowest BCUT2D eigenvalue weighted by molar-refractivity contribution is 0.0997. The molecule has 0 unspecified atom stereocenters. The third kappa shape index (κ3) is 1.85. The van der Waals surface area contributed by atoms with E-state index in [1.165, 1.54) is 11.3 Å². The standard InChI is InChI=1S/C8H7N3OS2/c1-5-8(14-11-10-5)7(12)2-6-3-9-4-13-6/h3-4H,2H2,1H3. The fourth-order valence-corrected chi connectivity index (χ4v) is 2.24. The zero-order valence-corrected chi connectivity index (χ0v) is 9.06. The van der Waals surface area contributed by atoms with Gasteiger partial charge in [-0.1, -0.05) is 4.49 Å². The smallest absolute Gasteiger partial charge is 0.181 e. The normalized spacial score (nSPS) is 10.4. The molecule has 0 radical (unpaired) electrons. The van der Waals surface area contributed by atoms with Crippen LogP contribution in [0.1, 0.15) is 20.2 Å². The fourth-order valence-electron chi connectivity index (χ4n) is 1.05. The van der Waals surface area contributed by atoms with Crippen molar-refractivity contribution in [2.24, 2.45) is 0 Å². The summed E-state index contributed by atoms with van der Waals surface area (Å²) in [5, 5.41) is 3.80. The number of aromatic nitrogens is 3. The molecule has 4 nitrogen and oxygen atoms in total. The highest BCUT2D eigenvalue weighted by molar-refractivity contribution is 7.10. The summed E-state index contributed by atoms with van der Waals surface area (Å²) in [4.78, 5) is 17.2. The molecule has 2 heterocycles. The molecule has 0 aromatic carbocycles. The molecule has 0 saturated carbocycles. The largest absolute Gasteiger partial charge is 0.293 e. The van der Waals surface area contributed by atoms with Crippen LogP contribution in [0.5, 0.6) is 0 Å². The number of hydrogen-bond donors (Lipinski definition) is 0. The van der Waals surface area contributed by atoms with Crippen LogP contribution < -0.4 is 0 Å². The number of ketones is 1. The van der Waals surface area contributed by atoms with E-state index in [2.05, 4.69) is 14.6 Å². The van der Waals surface area contributed by atoms with Crippen LogP contribution in [-0.4, -0.2) is 20.4 Å². The zero-order valence-electron chi connectivity index (χ0n) is 7.43. The molecular formula is C8H7N3OS2. The van der Waals surface area contributed by atoms with Crippen molar-refractivity contribution in [2.45, 2.75) is 13.3 Å². The highest BCUT2D eigenvalue weighted by Crippen LogP contribution is 2.15. The van der Waals surface area contributed by atoms with E-state index in [1.54, 1.807) is 18.6 Å². The van der Waals surface area contributed by atoms with Gasteiger partial charge in [-0.15, -0.1) is 16.4 Å².